The smallest absolute Gasteiger partial charge is 0.274 e. The number of aromatic nitrogens is 3. The second-order valence-electron chi connectivity index (χ2n) is 4.06. The fraction of sp³-hybridized carbons (Fsp3) is 0.333. The molecule has 2 aromatic heterocycles. The highest BCUT2D eigenvalue weighted by Crippen LogP contribution is 2.20. The van der Waals surface area contributed by atoms with E-state index in [-0.39, 0.29) is 11.2 Å². The van der Waals surface area contributed by atoms with Crippen LogP contribution in [-0.4, -0.2) is 14.3 Å². The highest BCUT2D eigenvalue weighted by molar-refractivity contribution is 6.31. The summed E-state index contributed by atoms with van der Waals surface area (Å²) in [6.07, 6.45) is 1.69. The fourth-order valence-corrected chi connectivity index (χ4v) is 2.06. The molecule has 0 aromatic carbocycles. The summed E-state index contributed by atoms with van der Waals surface area (Å²) in [4.78, 5) is 11.9. The summed E-state index contributed by atoms with van der Waals surface area (Å²) in [7, 11) is 0. The van der Waals surface area contributed by atoms with Gasteiger partial charge in [-0.3, -0.25) is 9.48 Å². The number of hydrogen-bond donors (Lipinski definition) is 1. The van der Waals surface area contributed by atoms with Crippen molar-refractivity contribution in [3.8, 4) is 0 Å². The van der Waals surface area contributed by atoms with Crippen molar-refractivity contribution in [3.05, 3.63) is 45.1 Å². The second-order valence-corrected chi connectivity index (χ2v) is 4.44. The zero-order valence-corrected chi connectivity index (χ0v) is 11.1. The number of nitrogen functional groups attached to an aromatic ring is 1. The van der Waals surface area contributed by atoms with Crippen molar-refractivity contribution in [2.24, 2.45) is 0 Å². The first-order valence-corrected chi connectivity index (χ1v) is 6.09. The summed E-state index contributed by atoms with van der Waals surface area (Å²) in [6.45, 7) is 4.91. The van der Waals surface area contributed by atoms with Gasteiger partial charge in [0, 0.05) is 12.7 Å². The number of anilines is 1. The molecule has 0 unspecified atom stereocenters. The van der Waals surface area contributed by atoms with Gasteiger partial charge in [0.1, 0.15) is 0 Å². The fourth-order valence-electron chi connectivity index (χ4n) is 1.86. The Hall–Kier alpha value is -1.75. The summed E-state index contributed by atoms with van der Waals surface area (Å²) in [5.74, 6) is 0. The van der Waals surface area contributed by atoms with Crippen LogP contribution in [0.15, 0.2) is 23.1 Å². The van der Waals surface area contributed by atoms with Crippen molar-refractivity contribution >= 4 is 17.3 Å². The number of halogens is 1. The maximum Gasteiger partial charge on any atom is 0.274 e. The standard InChI is InChI=1S/C12H15ClN4O/c1-3-17-10(11(13)8(2)15-17)7-16-6-4-5-9(14)12(16)18/h4-6H,3,7,14H2,1-2H3. The predicted octanol–water partition coefficient (Wildman–Crippen LogP) is 1.66. The minimum Gasteiger partial charge on any atom is -0.394 e. The molecule has 0 spiro atoms. The highest BCUT2D eigenvalue weighted by atomic mass is 35.5. The van der Waals surface area contributed by atoms with E-state index in [1.165, 1.54) is 4.57 Å². The Morgan fingerprint density at radius 3 is 2.89 bits per heavy atom. The van der Waals surface area contributed by atoms with E-state index >= 15 is 0 Å². The quantitative estimate of drug-likeness (QED) is 0.919. The minimum absolute atomic E-state index is 0.213. The molecule has 0 aliphatic rings. The number of rotatable bonds is 3. The number of nitrogens with zero attached hydrogens (tertiary/aromatic N) is 3. The lowest BCUT2D eigenvalue weighted by Crippen LogP contribution is -2.23. The molecular formula is C12H15ClN4O. The van der Waals surface area contributed by atoms with Gasteiger partial charge in [-0.2, -0.15) is 5.10 Å². The summed E-state index contributed by atoms with van der Waals surface area (Å²) >= 11 is 6.20. The first kappa shape index (κ1) is 12.7. The van der Waals surface area contributed by atoms with Crippen LogP contribution in [0.5, 0.6) is 0 Å². The van der Waals surface area contributed by atoms with Gasteiger partial charge in [-0.15, -0.1) is 0 Å². The van der Waals surface area contributed by atoms with Gasteiger partial charge in [0.05, 0.1) is 28.6 Å². The first-order valence-electron chi connectivity index (χ1n) is 5.71. The van der Waals surface area contributed by atoms with Crippen molar-refractivity contribution in [1.29, 1.82) is 0 Å². The molecule has 18 heavy (non-hydrogen) atoms. The molecule has 5 nitrogen and oxygen atoms in total. The van der Waals surface area contributed by atoms with E-state index < -0.39 is 0 Å². The van der Waals surface area contributed by atoms with Gasteiger partial charge >= 0.3 is 0 Å². The van der Waals surface area contributed by atoms with Gasteiger partial charge in [-0.05, 0) is 26.0 Å². The molecule has 0 atom stereocenters. The molecular weight excluding hydrogens is 252 g/mol. The highest BCUT2D eigenvalue weighted by Gasteiger charge is 2.13. The lowest BCUT2D eigenvalue weighted by molar-refractivity contribution is 0.592. The van der Waals surface area contributed by atoms with E-state index in [4.69, 9.17) is 17.3 Å². The van der Waals surface area contributed by atoms with E-state index in [1.807, 2.05) is 13.8 Å². The van der Waals surface area contributed by atoms with Crippen LogP contribution in [0.4, 0.5) is 5.69 Å². The molecule has 0 bridgehead atoms. The van der Waals surface area contributed by atoms with Crippen LogP contribution in [-0.2, 0) is 13.1 Å². The van der Waals surface area contributed by atoms with E-state index in [1.54, 1.807) is 23.0 Å². The Balaban J connectivity index is 2.46. The Bertz CT molecular complexity index is 629. The maximum atomic E-state index is 11.9. The molecule has 0 radical (unpaired) electrons. The zero-order chi connectivity index (χ0) is 13.3. The van der Waals surface area contributed by atoms with Crippen LogP contribution in [0, 0.1) is 6.92 Å². The molecule has 96 valence electrons. The van der Waals surface area contributed by atoms with Crippen LogP contribution < -0.4 is 11.3 Å². The van der Waals surface area contributed by atoms with Crippen molar-refractivity contribution in [3.63, 3.8) is 0 Å². The molecule has 0 fully saturated rings. The van der Waals surface area contributed by atoms with Gasteiger partial charge in [0.25, 0.3) is 5.56 Å². The van der Waals surface area contributed by atoms with Crippen LogP contribution in [0.3, 0.4) is 0 Å². The minimum atomic E-state index is -0.213. The number of hydrogen-bond acceptors (Lipinski definition) is 3. The van der Waals surface area contributed by atoms with Gasteiger partial charge in [-0.25, -0.2) is 0 Å². The third-order valence-electron chi connectivity index (χ3n) is 2.82. The Morgan fingerprint density at radius 2 is 2.22 bits per heavy atom. The summed E-state index contributed by atoms with van der Waals surface area (Å²) in [5, 5.41) is 4.92. The third-order valence-corrected chi connectivity index (χ3v) is 3.31. The normalized spacial score (nSPS) is 10.8. The number of pyridine rings is 1. The van der Waals surface area contributed by atoms with E-state index in [2.05, 4.69) is 5.10 Å². The van der Waals surface area contributed by atoms with Crippen molar-refractivity contribution < 1.29 is 0 Å². The molecule has 6 heteroatoms. The second kappa shape index (κ2) is 4.86. The average molecular weight is 267 g/mol. The number of aryl methyl sites for hydroxylation is 2. The largest absolute Gasteiger partial charge is 0.394 e. The van der Waals surface area contributed by atoms with E-state index in [0.717, 1.165) is 11.4 Å². The van der Waals surface area contributed by atoms with Crippen molar-refractivity contribution in [2.45, 2.75) is 26.9 Å². The van der Waals surface area contributed by atoms with Gasteiger partial charge in [0.15, 0.2) is 0 Å². The molecule has 0 saturated heterocycles. The molecule has 0 aliphatic heterocycles. The van der Waals surface area contributed by atoms with Gasteiger partial charge in [0.2, 0.25) is 0 Å². The summed E-state index contributed by atoms with van der Waals surface area (Å²) < 4.78 is 3.33. The van der Waals surface area contributed by atoms with Gasteiger partial charge < -0.3 is 10.3 Å². The lowest BCUT2D eigenvalue weighted by atomic mass is 10.3. The average Bonchev–Trinajstić information content (AvgIpc) is 2.62. The molecule has 0 saturated carbocycles. The zero-order valence-electron chi connectivity index (χ0n) is 10.4. The van der Waals surface area contributed by atoms with Crippen LogP contribution in [0.25, 0.3) is 0 Å². The van der Waals surface area contributed by atoms with Crippen molar-refractivity contribution in [2.75, 3.05) is 5.73 Å². The third kappa shape index (κ3) is 2.13. The molecule has 2 aromatic rings. The Morgan fingerprint density at radius 1 is 1.50 bits per heavy atom. The molecule has 2 rings (SSSR count). The Kier molecular flexibility index (Phi) is 3.43. The lowest BCUT2D eigenvalue weighted by Gasteiger charge is -2.08. The van der Waals surface area contributed by atoms with E-state index in [0.29, 0.717) is 18.1 Å². The summed E-state index contributed by atoms with van der Waals surface area (Å²) in [6, 6.07) is 3.33. The Labute approximate surface area is 110 Å². The van der Waals surface area contributed by atoms with Crippen molar-refractivity contribution in [1.82, 2.24) is 14.3 Å². The molecule has 2 heterocycles. The van der Waals surface area contributed by atoms with Crippen LogP contribution >= 0.6 is 11.6 Å². The number of nitrogens with two attached hydrogens (primary N) is 1. The molecule has 0 aliphatic carbocycles. The molecule has 0 amide bonds. The maximum absolute atomic E-state index is 11.9. The topological polar surface area (TPSA) is 65.8 Å². The molecule has 2 N–H and O–H groups in total. The predicted molar refractivity (Wildman–Crippen MR) is 71.9 cm³/mol. The SMILES string of the molecule is CCn1nc(C)c(Cl)c1Cn1cccc(N)c1=O. The monoisotopic (exact) mass is 266 g/mol. The summed E-state index contributed by atoms with van der Waals surface area (Å²) in [5.41, 5.74) is 7.21. The van der Waals surface area contributed by atoms with Crippen LogP contribution in [0.2, 0.25) is 5.02 Å². The van der Waals surface area contributed by atoms with Crippen LogP contribution in [0.1, 0.15) is 18.3 Å². The van der Waals surface area contributed by atoms with Gasteiger partial charge in [-0.1, -0.05) is 11.6 Å². The van der Waals surface area contributed by atoms with E-state index in [9.17, 15) is 4.79 Å². The first-order chi connectivity index (χ1) is 8.54.